The third-order valence-corrected chi connectivity index (χ3v) is 7.12. The fourth-order valence-electron chi connectivity index (χ4n) is 2.72. The molecule has 0 saturated carbocycles. The number of allylic oxidation sites excluding steroid dienone is 1. The Kier molecular flexibility index (Phi) is 4.82. The molecular weight excluding hydrogens is 396 g/mol. The molecule has 0 bridgehead atoms. The van der Waals surface area contributed by atoms with Gasteiger partial charge >= 0.3 is 0 Å². The van der Waals surface area contributed by atoms with Crippen molar-refractivity contribution < 1.29 is 8.42 Å². The first-order chi connectivity index (χ1) is 13.4. The number of anilines is 2. The van der Waals surface area contributed by atoms with Crippen molar-refractivity contribution in [3.63, 3.8) is 0 Å². The fraction of sp³-hybridized carbons (Fsp3) is 0.167. The van der Waals surface area contributed by atoms with Crippen LogP contribution < -0.4 is 10.0 Å². The first kappa shape index (κ1) is 18.5. The highest BCUT2D eigenvalue weighted by Crippen LogP contribution is 2.43. The summed E-state index contributed by atoms with van der Waals surface area (Å²) in [6, 6.07) is 9.65. The topological polar surface area (TPSA) is 113 Å². The number of hydrogen-bond acceptors (Lipinski definition) is 6. The number of hydrogen-bond donors (Lipinski definition) is 4. The lowest BCUT2D eigenvalue weighted by Crippen LogP contribution is -2.23. The molecule has 1 aliphatic rings. The number of para-hydroxylation sites is 1. The number of sulfonamides is 1. The molecule has 0 spiro atoms. The Morgan fingerprint density at radius 1 is 1.21 bits per heavy atom. The van der Waals surface area contributed by atoms with Crippen molar-refractivity contribution in [2.24, 2.45) is 0 Å². The third-order valence-electron chi connectivity index (χ3n) is 4.13. The molecule has 8 nitrogen and oxygen atoms in total. The molecule has 3 N–H and O–H groups in total. The van der Waals surface area contributed by atoms with E-state index in [2.05, 4.69) is 20.2 Å². The van der Waals surface area contributed by atoms with Gasteiger partial charge in [0.1, 0.15) is 11.6 Å². The molecule has 2 aromatic heterocycles. The SMILES string of the molecule is CCS(=O)(=O)NC1=C[SH](c2nc(Nc3cc(C)n[nH]3)c3ccccc3n2)C=C1. The van der Waals surface area contributed by atoms with Gasteiger partial charge in [0.2, 0.25) is 10.0 Å². The second kappa shape index (κ2) is 7.28. The van der Waals surface area contributed by atoms with Gasteiger partial charge in [-0.15, -0.1) is 10.9 Å². The van der Waals surface area contributed by atoms with Crippen LogP contribution in [0.25, 0.3) is 10.9 Å². The number of thiol groups is 1. The lowest BCUT2D eigenvalue weighted by molar-refractivity contribution is 0.590. The molecule has 1 aromatic carbocycles. The molecule has 0 radical (unpaired) electrons. The number of nitrogens with zero attached hydrogens (tertiary/aromatic N) is 3. The Hall–Kier alpha value is -2.85. The van der Waals surface area contributed by atoms with E-state index in [-0.39, 0.29) is 5.75 Å². The van der Waals surface area contributed by atoms with Gasteiger partial charge in [-0.3, -0.25) is 9.82 Å². The monoisotopic (exact) mass is 416 g/mol. The molecule has 3 aromatic rings. The standard InChI is InChI=1S/C18H20N6O2S2/c1-3-28(25,26)24-13-8-9-27(11-13)18-19-15-7-5-4-6-14(15)17(21-18)20-16-10-12(2)22-23-16/h4-11,24,27H,3H2,1-2H3,(H2,19,20,21,22,23). The second-order valence-corrected chi connectivity index (χ2v) is 10.0. The molecule has 1 unspecified atom stereocenters. The summed E-state index contributed by atoms with van der Waals surface area (Å²) in [5, 5.41) is 15.7. The summed E-state index contributed by atoms with van der Waals surface area (Å²) in [6.45, 7) is 3.51. The number of nitrogens with one attached hydrogen (secondary N) is 3. The fourth-order valence-corrected chi connectivity index (χ4v) is 4.98. The lowest BCUT2D eigenvalue weighted by atomic mass is 10.2. The number of rotatable bonds is 6. The minimum atomic E-state index is -3.31. The van der Waals surface area contributed by atoms with Crippen molar-refractivity contribution in [2.75, 3.05) is 11.1 Å². The van der Waals surface area contributed by atoms with Gasteiger partial charge in [0.05, 0.1) is 22.7 Å². The summed E-state index contributed by atoms with van der Waals surface area (Å²) in [6.07, 6.45) is 1.77. The van der Waals surface area contributed by atoms with E-state index in [0.717, 1.165) is 22.4 Å². The van der Waals surface area contributed by atoms with Crippen LogP contribution >= 0.6 is 10.9 Å². The smallest absolute Gasteiger partial charge is 0.232 e. The van der Waals surface area contributed by atoms with Crippen LogP contribution in [0.3, 0.4) is 0 Å². The highest BCUT2D eigenvalue weighted by Gasteiger charge is 2.17. The molecule has 3 heterocycles. The zero-order valence-electron chi connectivity index (χ0n) is 15.3. The van der Waals surface area contributed by atoms with Crippen LogP contribution in [0, 0.1) is 6.92 Å². The van der Waals surface area contributed by atoms with Crippen molar-refractivity contribution in [3.05, 3.63) is 58.6 Å². The first-order valence-corrected chi connectivity index (χ1v) is 11.8. The maximum Gasteiger partial charge on any atom is 0.232 e. The Morgan fingerprint density at radius 3 is 2.79 bits per heavy atom. The van der Waals surface area contributed by atoms with Crippen molar-refractivity contribution in [3.8, 4) is 0 Å². The van der Waals surface area contributed by atoms with Gasteiger partial charge in [0.15, 0.2) is 5.16 Å². The second-order valence-electron chi connectivity index (χ2n) is 6.25. The summed E-state index contributed by atoms with van der Waals surface area (Å²) in [4.78, 5) is 9.42. The van der Waals surface area contributed by atoms with Crippen LogP contribution in [0.15, 0.2) is 58.1 Å². The highest BCUT2D eigenvalue weighted by atomic mass is 32.2. The van der Waals surface area contributed by atoms with Crippen LogP contribution in [0.5, 0.6) is 0 Å². The summed E-state index contributed by atoms with van der Waals surface area (Å²) >= 11 is 0. The van der Waals surface area contributed by atoms with Gasteiger partial charge in [-0.2, -0.15) is 5.10 Å². The molecule has 0 aliphatic carbocycles. The Morgan fingerprint density at radius 2 is 2.04 bits per heavy atom. The summed E-state index contributed by atoms with van der Waals surface area (Å²) < 4.78 is 26.2. The average molecular weight is 417 g/mol. The molecule has 0 fully saturated rings. The minimum absolute atomic E-state index is 0.0280. The van der Waals surface area contributed by atoms with Gasteiger partial charge in [0, 0.05) is 11.5 Å². The molecule has 1 atom stereocenters. The maximum absolute atomic E-state index is 11.8. The van der Waals surface area contributed by atoms with Gasteiger partial charge < -0.3 is 5.32 Å². The van der Waals surface area contributed by atoms with Crippen LogP contribution in [0.4, 0.5) is 11.6 Å². The van der Waals surface area contributed by atoms with Crippen molar-refractivity contribution in [1.29, 1.82) is 0 Å². The van der Waals surface area contributed by atoms with E-state index in [4.69, 9.17) is 9.97 Å². The number of H-pyrrole nitrogens is 1. The average Bonchev–Trinajstić information content (AvgIpc) is 3.30. The molecule has 0 saturated heterocycles. The zero-order valence-corrected chi connectivity index (χ0v) is 17.1. The largest absolute Gasteiger partial charge is 0.325 e. The van der Waals surface area contributed by atoms with E-state index < -0.39 is 20.9 Å². The minimum Gasteiger partial charge on any atom is -0.325 e. The zero-order chi connectivity index (χ0) is 19.7. The van der Waals surface area contributed by atoms with E-state index in [9.17, 15) is 8.42 Å². The number of benzene rings is 1. The molecule has 146 valence electrons. The predicted molar refractivity (Wildman–Crippen MR) is 113 cm³/mol. The summed E-state index contributed by atoms with van der Waals surface area (Å²) in [5.41, 5.74) is 2.25. The van der Waals surface area contributed by atoms with Gasteiger partial charge in [0.25, 0.3) is 0 Å². The van der Waals surface area contributed by atoms with Gasteiger partial charge in [-0.25, -0.2) is 18.4 Å². The molecule has 4 rings (SSSR count). The first-order valence-electron chi connectivity index (χ1n) is 8.68. The van der Waals surface area contributed by atoms with Gasteiger partial charge in [-0.05, 0) is 42.9 Å². The van der Waals surface area contributed by atoms with E-state index >= 15 is 0 Å². The number of fused-ring (bicyclic) bond motifs is 1. The molecular formula is C18H20N6O2S2. The molecule has 0 amide bonds. The number of aromatic nitrogens is 4. The molecule has 1 aliphatic heterocycles. The van der Waals surface area contributed by atoms with Crippen molar-refractivity contribution >= 4 is 43.5 Å². The molecule has 28 heavy (non-hydrogen) atoms. The Labute approximate surface area is 165 Å². The third kappa shape index (κ3) is 3.87. The van der Waals surface area contributed by atoms with Crippen LogP contribution in [0.1, 0.15) is 12.6 Å². The van der Waals surface area contributed by atoms with Crippen molar-refractivity contribution in [1.82, 2.24) is 24.9 Å². The normalized spacial score (nSPS) is 17.6. The number of aryl methyl sites for hydroxylation is 1. The van der Waals surface area contributed by atoms with E-state index in [1.165, 1.54) is 0 Å². The van der Waals surface area contributed by atoms with Crippen LogP contribution in [-0.2, 0) is 10.0 Å². The quantitative estimate of drug-likeness (QED) is 0.363. The molecule has 10 heteroatoms. The lowest BCUT2D eigenvalue weighted by Gasteiger charge is -2.13. The van der Waals surface area contributed by atoms with Crippen LogP contribution in [0.2, 0.25) is 0 Å². The summed E-state index contributed by atoms with van der Waals surface area (Å²) in [5.74, 6) is 1.45. The van der Waals surface area contributed by atoms with Gasteiger partial charge in [-0.1, -0.05) is 12.1 Å². The predicted octanol–water partition coefficient (Wildman–Crippen LogP) is 3.07. The number of aromatic amines is 1. The Bertz CT molecular complexity index is 1200. The Balaban J connectivity index is 1.70. The maximum atomic E-state index is 11.8. The summed E-state index contributed by atoms with van der Waals surface area (Å²) in [7, 11) is -4.27. The van der Waals surface area contributed by atoms with E-state index in [0.29, 0.717) is 16.7 Å². The van der Waals surface area contributed by atoms with E-state index in [1.807, 2.05) is 48.1 Å². The van der Waals surface area contributed by atoms with Crippen molar-refractivity contribution in [2.45, 2.75) is 19.0 Å². The van der Waals surface area contributed by atoms with Crippen LogP contribution in [-0.4, -0.2) is 34.3 Å². The highest BCUT2D eigenvalue weighted by molar-refractivity contribution is 8.22. The van der Waals surface area contributed by atoms with E-state index in [1.54, 1.807) is 13.0 Å².